The minimum Gasteiger partial charge on any atom is -1.00 e. The summed E-state index contributed by atoms with van der Waals surface area (Å²) < 4.78 is 2.47. The van der Waals surface area contributed by atoms with Crippen LogP contribution in [0.1, 0.15) is 26.5 Å². The van der Waals surface area contributed by atoms with Crippen LogP contribution in [0.2, 0.25) is 18.1 Å². The lowest BCUT2D eigenvalue weighted by Gasteiger charge is -2.23. The van der Waals surface area contributed by atoms with Crippen molar-refractivity contribution < 1.29 is 28.5 Å². The van der Waals surface area contributed by atoms with Crippen LogP contribution >= 0.6 is 11.3 Å². The van der Waals surface area contributed by atoms with E-state index < -0.39 is 8.07 Å². The third kappa shape index (κ3) is 3.82. The fourth-order valence-electron chi connectivity index (χ4n) is 1.96. The zero-order valence-electron chi connectivity index (χ0n) is 10.2. The highest BCUT2D eigenvalue weighted by molar-refractivity contribution is 7.07. The van der Waals surface area contributed by atoms with Crippen LogP contribution < -0.4 is 28.5 Å². The van der Waals surface area contributed by atoms with Gasteiger partial charge in [-0.2, -0.15) is 4.57 Å². The van der Waals surface area contributed by atoms with E-state index in [2.05, 4.69) is 43.2 Å². The van der Waals surface area contributed by atoms with Gasteiger partial charge >= 0.3 is 0 Å². The molecular weight excluding hydrogens is 333 g/mol. The van der Waals surface area contributed by atoms with Gasteiger partial charge in [0.1, 0.15) is 14.2 Å². The average molecular weight is 355 g/mol. The minimum absolute atomic E-state index is 0. The highest BCUT2D eigenvalue weighted by Crippen LogP contribution is 2.20. The molecule has 1 aromatic heterocycles. The van der Waals surface area contributed by atoms with Gasteiger partial charge < -0.3 is 24.0 Å². The van der Waals surface area contributed by atoms with Gasteiger partial charge in [-0.25, -0.2) is 0 Å². The number of thiazole rings is 1. The Bertz CT molecular complexity index is 276. The summed E-state index contributed by atoms with van der Waals surface area (Å²) in [6.45, 7) is 9.35. The normalized spacial score (nSPS) is 11.2. The van der Waals surface area contributed by atoms with Gasteiger partial charge in [0.2, 0.25) is 5.51 Å². The van der Waals surface area contributed by atoms with Gasteiger partial charge in [0.15, 0.2) is 5.69 Å². The van der Waals surface area contributed by atoms with Crippen LogP contribution in [0.5, 0.6) is 0 Å². The summed E-state index contributed by atoms with van der Waals surface area (Å²) >= 11 is 1.82. The zero-order chi connectivity index (χ0) is 10.6. The van der Waals surface area contributed by atoms with E-state index in [1.807, 2.05) is 11.3 Å². The van der Waals surface area contributed by atoms with Gasteiger partial charge in [-0.1, -0.05) is 50.2 Å². The molecule has 0 saturated heterocycles. The van der Waals surface area contributed by atoms with E-state index in [4.69, 9.17) is 0 Å². The van der Waals surface area contributed by atoms with Gasteiger partial charge in [-0.15, -0.1) is 0 Å². The number of hydrogen-bond donors (Lipinski definition) is 0. The van der Waals surface area contributed by atoms with E-state index in [9.17, 15) is 0 Å². The van der Waals surface area contributed by atoms with Crippen molar-refractivity contribution >= 4 is 19.4 Å². The predicted octanol–water partition coefficient (Wildman–Crippen LogP) is 0.396. The standard InChI is InChI=1S/C11H22NSSi.HI/c1-5-14(6-2,7-3)10-12-9-13-8-11(12)4;/h8-9H,5-7,10H2,1-4H3;1H/q+1;/p-1. The van der Waals surface area contributed by atoms with Gasteiger partial charge in [0, 0.05) is 6.92 Å². The summed E-state index contributed by atoms with van der Waals surface area (Å²) in [4.78, 5) is 0. The molecule has 0 aromatic carbocycles. The Morgan fingerprint density at radius 2 is 1.73 bits per heavy atom. The Morgan fingerprint density at radius 3 is 2.07 bits per heavy atom. The molecule has 1 nitrogen and oxygen atoms in total. The van der Waals surface area contributed by atoms with E-state index in [0.717, 1.165) is 0 Å². The Hall–Kier alpha value is 0.577. The number of halogens is 1. The fraction of sp³-hybridized carbons (Fsp3) is 0.727. The lowest BCUT2D eigenvalue weighted by molar-refractivity contribution is -0.682. The molecule has 4 heteroatoms. The molecule has 0 amide bonds. The molecule has 0 aliphatic rings. The summed E-state index contributed by atoms with van der Waals surface area (Å²) in [5.41, 5.74) is 3.71. The van der Waals surface area contributed by atoms with Crippen LogP contribution in [0.4, 0.5) is 0 Å². The number of nitrogens with zero attached hydrogens (tertiary/aromatic N) is 1. The van der Waals surface area contributed by atoms with Crippen LogP contribution in [0.15, 0.2) is 10.9 Å². The highest BCUT2D eigenvalue weighted by atomic mass is 127. The Labute approximate surface area is 116 Å². The number of aryl methyl sites for hydroxylation is 1. The van der Waals surface area contributed by atoms with Crippen molar-refractivity contribution in [2.75, 3.05) is 0 Å². The smallest absolute Gasteiger partial charge is 0.224 e. The Balaban J connectivity index is 0.00000196. The van der Waals surface area contributed by atoms with E-state index in [0.29, 0.717) is 0 Å². The quantitative estimate of drug-likeness (QED) is 0.409. The average Bonchev–Trinajstić information content (AvgIpc) is 2.61. The maximum atomic E-state index is 2.47. The molecule has 1 rings (SSSR count). The molecule has 0 N–H and O–H groups in total. The molecular formula is C11H22INSSi. The van der Waals surface area contributed by atoms with E-state index in [-0.39, 0.29) is 24.0 Å². The molecule has 0 saturated carbocycles. The molecule has 0 unspecified atom stereocenters. The third-order valence-corrected chi connectivity index (χ3v) is 10.0. The first-order valence-electron chi connectivity index (χ1n) is 5.59. The van der Waals surface area contributed by atoms with E-state index in [1.165, 1.54) is 30.0 Å². The molecule has 0 atom stereocenters. The fourth-order valence-corrected chi connectivity index (χ4v) is 6.11. The minimum atomic E-state index is -0.984. The second-order valence-electron chi connectivity index (χ2n) is 4.19. The first kappa shape index (κ1) is 15.6. The topological polar surface area (TPSA) is 3.88 Å². The van der Waals surface area contributed by atoms with Crippen LogP contribution in [-0.2, 0) is 6.17 Å². The molecule has 0 bridgehead atoms. The van der Waals surface area contributed by atoms with Crippen LogP contribution in [-0.4, -0.2) is 8.07 Å². The van der Waals surface area contributed by atoms with E-state index in [1.54, 1.807) is 0 Å². The van der Waals surface area contributed by atoms with Gasteiger partial charge in [0.25, 0.3) is 0 Å². The lowest BCUT2D eigenvalue weighted by Crippen LogP contribution is -3.00. The van der Waals surface area contributed by atoms with E-state index >= 15 is 0 Å². The molecule has 1 aromatic rings. The highest BCUT2D eigenvalue weighted by Gasteiger charge is 2.32. The number of aromatic nitrogens is 1. The van der Waals surface area contributed by atoms with Crippen LogP contribution in [0.3, 0.4) is 0 Å². The van der Waals surface area contributed by atoms with Crippen LogP contribution in [0, 0.1) is 6.92 Å². The Morgan fingerprint density at radius 1 is 1.20 bits per heavy atom. The molecule has 1 heterocycles. The molecule has 0 radical (unpaired) electrons. The molecule has 88 valence electrons. The monoisotopic (exact) mass is 355 g/mol. The van der Waals surface area contributed by atoms with Crippen molar-refractivity contribution in [2.45, 2.75) is 52.0 Å². The molecule has 0 fully saturated rings. The molecule has 0 aliphatic heterocycles. The SMILES string of the molecule is CC[Si](CC)(CC)C[n+]1cscc1C.[I-]. The summed E-state index contributed by atoms with van der Waals surface area (Å²) in [5.74, 6) is 0. The summed E-state index contributed by atoms with van der Waals surface area (Å²) in [5, 5.41) is 2.25. The van der Waals surface area contributed by atoms with Gasteiger partial charge in [-0.05, 0) is 0 Å². The first-order chi connectivity index (χ1) is 6.67. The number of rotatable bonds is 5. The molecule has 0 spiro atoms. The maximum Gasteiger partial charge on any atom is 0.224 e. The van der Waals surface area contributed by atoms with Crippen molar-refractivity contribution in [3.8, 4) is 0 Å². The molecule has 0 aliphatic carbocycles. The van der Waals surface area contributed by atoms with Crippen molar-refractivity contribution in [1.29, 1.82) is 0 Å². The largest absolute Gasteiger partial charge is 1.00 e. The van der Waals surface area contributed by atoms with Crippen molar-refractivity contribution in [3.05, 3.63) is 16.6 Å². The van der Waals surface area contributed by atoms with Gasteiger partial charge in [0.05, 0.1) is 5.38 Å². The van der Waals surface area contributed by atoms with Crippen molar-refractivity contribution in [2.24, 2.45) is 0 Å². The lowest BCUT2D eigenvalue weighted by atomic mass is 10.6. The number of hydrogen-bond acceptors (Lipinski definition) is 1. The maximum absolute atomic E-state index is 2.47. The zero-order valence-corrected chi connectivity index (χ0v) is 14.2. The first-order valence-corrected chi connectivity index (χ1v) is 9.36. The predicted molar refractivity (Wildman–Crippen MR) is 66.4 cm³/mol. The summed E-state index contributed by atoms with van der Waals surface area (Å²) in [6.07, 6.45) is 1.33. The van der Waals surface area contributed by atoms with Crippen molar-refractivity contribution in [1.82, 2.24) is 0 Å². The Kier molecular flexibility index (Phi) is 7.28. The summed E-state index contributed by atoms with van der Waals surface area (Å²) in [7, 11) is -0.984. The second-order valence-corrected chi connectivity index (χ2v) is 10.3. The van der Waals surface area contributed by atoms with Gasteiger partial charge in [-0.3, -0.25) is 0 Å². The van der Waals surface area contributed by atoms with Crippen LogP contribution in [0.25, 0.3) is 0 Å². The second kappa shape index (κ2) is 7.01. The summed E-state index contributed by atoms with van der Waals surface area (Å²) in [6, 6.07) is 4.26. The van der Waals surface area contributed by atoms with Crippen molar-refractivity contribution in [3.63, 3.8) is 0 Å². The molecule has 15 heavy (non-hydrogen) atoms. The third-order valence-electron chi connectivity index (χ3n) is 3.64.